The monoisotopic (exact) mass is 237 g/mol. The first-order chi connectivity index (χ1) is 7.68. The lowest BCUT2D eigenvalue weighted by Crippen LogP contribution is -2.22. The minimum absolute atomic E-state index is 0.276. The molecule has 5 heteroatoms. The fourth-order valence-corrected chi connectivity index (χ4v) is 2.29. The summed E-state index contributed by atoms with van der Waals surface area (Å²) in [6.07, 6.45) is 2.06. The van der Waals surface area contributed by atoms with Crippen LogP contribution in [0.3, 0.4) is 0 Å². The molecule has 0 spiro atoms. The van der Waals surface area contributed by atoms with E-state index in [2.05, 4.69) is 14.9 Å². The van der Waals surface area contributed by atoms with E-state index in [-0.39, 0.29) is 6.10 Å². The van der Waals surface area contributed by atoms with Gasteiger partial charge in [-0.1, -0.05) is 0 Å². The lowest BCUT2D eigenvalue weighted by molar-refractivity contribution is 0.187. The molecule has 86 valence electrons. The Morgan fingerprint density at radius 2 is 2.31 bits per heavy atom. The van der Waals surface area contributed by atoms with Gasteiger partial charge in [0.15, 0.2) is 0 Å². The first kappa shape index (κ1) is 11.3. The van der Waals surface area contributed by atoms with Crippen molar-refractivity contribution in [1.29, 1.82) is 0 Å². The molecule has 0 radical (unpaired) electrons. The maximum atomic E-state index is 9.26. The molecule has 0 aliphatic carbocycles. The van der Waals surface area contributed by atoms with Gasteiger partial charge in [-0.05, 0) is 24.8 Å². The lowest BCUT2D eigenvalue weighted by atomic mass is 10.2. The summed E-state index contributed by atoms with van der Waals surface area (Å²) in [7, 11) is 1.99. The number of rotatable bonds is 4. The molecule has 1 atom stereocenters. The summed E-state index contributed by atoms with van der Waals surface area (Å²) >= 11 is 1.62. The van der Waals surface area contributed by atoms with Crippen LogP contribution in [0.4, 0.5) is 5.82 Å². The molecule has 2 heterocycles. The summed E-state index contributed by atoms with van der Waals surface area (Å²) in [5, 5.41) is 12.4. The van der Waals surface area contributed by atoms with Crippen molar-refractivity contribution >= 4 is 27.4 Å². The summed E-state index contributed by atoms with van der Waals surface area (Å²) in [5.74, 6) is 0.937. The van der Waals surface area contributed by atoms with E-state index in [1.165, 1.54) is 0 Å². The van der Waals surface area contributed by atoms with Crippen LogP contribution in [-0.4, -0.2) is 34.8 Å². The molecule has 2 aromatic rings. The standard InChI is InChI=1S/C11H15N3OS/c1-8(15)3-5-14(2)10-9-4-6-16-11(9)13-7-12-10/h4,6-8,15H,3,5H2,1-2H3. The zero-order valence-electron chi connectivity index (χ0n) is 9.42. The molecule has 0 bridgehead atoms. The van der Waals surface area contributed by atoms with E-state index < -0.39 is 0 Å². The van der Waals surface area contributed by atoms with Crippen LogP contribution in [0, 0.1) is 0 Å². The summed E-state index contributed by atoms with van der Waals surface area (Å²) in [5.41, 5.74) is 0. The van der Waals surface area contributed by atoms with Crippen molar-refractivity contribution < 1.29 is 5.11 Å². The molecule has 16 heavy (non-hydrogen) atoms. The number of hydrogen-bond donors (Lipinski definition) is 1. The SMILES string of the molecule is CC(O)CCN(C)c1ncnc2sccc12. The molecular formula is C11H15N3OS. The van der Waals surface area contributed by atoms with E-state index in [4.69, 9.17) is 0 Å². The van der Waals surface area contributed by atoms with Crippen molar-refractivity contribution in [2.75, 3.05) is 18.5 Å². The van der Waals surface area contributed by atoms with Crippen molar-refractivity contribution in [2.45, 2.75) is 19.4 Å². The Morgan fingerprint density at radius 1 is 1.50 bits per heavy atom. The molecule has 0 aliphatic heterocycles. The minimum atomic E-state index is -0.276. The van der Waals surface area contributed by atoms with Crippen LogP contribution in [0.15, 0.2) is 17.8 Å². The van der Waals surface area contributed by atoms with Crippen LogP contribution in [0.5, 0.6) is 0 Å². The van der Waals surface area contributed by atoms with Crippen LogP contribution in [0.25, 0.3) is 10.2 Å². The van der Waals surface area contributed by atoms with Gasteiger partial charge in [-0.25, -0.2) is 9.97 Å². The van der Waals surface area contributed by atoms with Gasteiger partial charge in [-0.2, -0.15) is 0 Å². The summed E-state index contributed by atoms with van der Waals surface area (Å²) in [4.78, 5) is 11.6. The maximum absolute atomic E-state index is 9.26. The highest BCUT2D eigenvalue weighted by atomic mass is 32.1. The van der Waals surface area contributed by atoms with Crippen molar-refractivity contribution in [3.8, 4) is 0 Å². The fourth-order valence-electron chi connectivity index (χ4n) is 1.57. The van der Waals surface area contributed by atoms with E-state index in [1.54, 1.807) is 24.6 Å². The fraction of sp³-hybridized carbons (Fsp3) is 0.455. The Kier molecular flexibility index (Phi) is 3.36. The van der Waals surface area contributed by atoms with Gasteiger partial charge in [0.25, 0.3) is 0 Å². The highest BCUT2D eigenvalue weighted by molar-refractivity contribution is 7.16. The van der Waals surface area contributed by atoms with Gasteiger partial charge in [0.2, 0.25) is 0 Å². The molecule has 0 amide bonds. The molecule has 4 nitrogen and oxygen atoms in total. The number of nitrogens with zero attached hydrogens (tertiary/aromatic N) is 3. The van der Waals surface area contributed by atoms with Gasteiger partial charge in [0.05, 0.1) is 11.5 Å². The predicted octanol–water partition coefficient (Wildman–Crippen LogP) is 1.90. The number of thiophene rings is 1. The molecule has 1 N–H and O–H groups in total. The van der Waals surface area contributed by atoms with Crippen molar-refractivity contribution in [2.24, 2.45) is 0 Å². The Labute approximate surface area is 98.6 Å². The molecular weight excluding hydrogens is 222 g/mol. The van der Waals surface area contributed by atoms with E-state index >= 15 is 0 Å². The second kappa shape index (κ2) is 4.76. The Balaban J connectivity index is 2.22. The molecule has 0 aliphatic rings. The van der Waals surface area contributed by atoms with Crippen molar-refractivity contribution in [3.63, 3.8) is 0 Å². The number of fused-ring (bicyclic) bond motifs is 1. The first-order valence-corrected chi connectivity index (χ1v) is 6.14. The molecule has 0 saturated carbocycles. The average Bonchev–Trinajstić information content (AvgIpc) is 2.73. The van der Waals surface area contributed by atoms with Crippen LogP contribution < -0.4 is 4.90 Å². The van der Waals surface area contributed by atoms with Crippen molar-refractivity contribution in [1.82, 2.24) is 9.97 Å². The van der Waals surface area contributed by atoms with Crippen LogP contribution >= 0.6 is 11.3 Å². The smallest absolute Gasteiger partial charge is 0.140 e. The molecule has 0 saturated heterocycles. The van der Waals surface area contributed by atoms with Gasteiger partial charge in [-0.3, -0.25) is 0 Å². The number of aliphatic hydroxyl groups excluding tert-OH is 1. The van der Waals surface area contributed by atoms with Crippen LogP contribution in [-0.2, 0) is 0 Å². The third-order valence-electron chi connectivity index (χ3n) is 2.48. The topological polar surface area (TPSA) is 49.2 Å². The average molecular weight is 237 g/mol. The van der Waals surface area contributed by atoms with E-state index in [0.29, 0.717) is 0 Å². The van der Waals surface area contributed by atoms with Crippen molar-refractivity contribution in [3.05, 3.63) is 17.8 Å². The molecule has 2 aromatic heterocycles. The maximum Gasteiger partial charge on any atom is 0.140 e. The summed E-state index contributed by atoms with van der Waals surface area (Å²) < 4.78 is 0. The minimum Gasteiger partial charge on any atom is -0.393 e. The lowest BCUT2D eigenvalue weighted by Gasteiger charge is -2.19. The highest BCUT2D eigenvalue weighted by Crippen LogP contribution is 2.25. The molecule has 1 unspecified atom stereocenters. The summed E-state index contributed by atoms with van der Waals surface area (Å²) in [6, 6.07) is 2.04. The third kappa shape index (κ3) is 2.31. The third-order valence-corrected chi connectivity index (χ3v) is 3.31. The number of anilines is 1. The molecule has 2 rings (SSSR count). The predicted molar refractivity (Wildman–Crippen MR) is 67.0 cm³/mol. The highest BCUT2D eigenvalue weighted by Gasteiger charge is 2.09. The van der Waals surface area contributed by atoms with Crippen LogP contribution in [0.1, 0.15) is 13.3 Å². The number of aromatic nitrogens is 2. The largest absolute Gasteiger partial charge is 0.393 e. The van der Waals surface area contributed by atoms with Gasteiger partial charge < -0.3 is 10.0 Å². The zero-order chi connectivity index (χ0) is 11.5. The van der Waals surface area contributed by atoms with Gasteiger partial charge in [0.1, 0.15) is 17.0 Å². The molecule has 0 aromatic carbocycles. The second-order valence-electron chi connectivity index (χ2n) is 3.90. The van der Waals surface area contributed by atoms with Crippen LogP contribution in [0.2, 0.25) is 0 Å². The summed E-state index contributed by atoms with van der Waals surface area (Å²) in [6.45, 7) is 2.59. The number of aliphatic hydroxyl groups is 1. The Morgan fingerprint density at radius 3 is 3.06 bits per heavy atom. The van der Waals surface area contributed by atoms with Gasteiger partial charge >= 0.3 is 0 Å². The van der Waals surface area contributed by atoms with E-state index in [9.17, 15) is 5.11 Å². The Bertz CT molecular complexity index is 469. The molecule has 0 fully saturated rings. The van der Waals surface area contributed by atoms with E-state index in [0.717, 1.165) is 29.0 Å². The van der Waals surface area contributed by atoms with Gasteiger partial charge in [-0.15, -0.1) is 11.3 Å². The van der Waals surface area contributed by atoms with Gasteiger partial charge in [0, 0.05) is 13.6 Å². The Hall–Kier alpha value is -1.20. The number of hydrogen-bond acceptors (Lipinski definition) is 5. The normalized spacial score (nSPS) is 12.9. The quantitative estimate of drug-likeness (QED) is 0.882. The zero-order valence-corrected chi connectivity index (χ0v) is 10.2. The first-order valence-electron chi connectivity index (χ1n) is 5.26. The second-order valence-corrected chi connectivity index (χ2v) is 4.79. The van der Waals surface area contributed by atoms with E-state index in [1.807, 2.05) is 18.5 Å².